The molecule has 2 aromatic rings. The molecule has 0 spiro atoms. The molecule has 0 saturated heterocycles. The van der Waals surface area contributed by atoms with E-state index in [-0.39, 0.29) is 11.9 Å². The lowest BCUT2D eigenvalue weighted by molar-refractivity contribution is 0.0944. The zero-order chi connectivity index (χ0) is 13.1. The van der Waals surface area contributed by atoms with Crippen molar-refractivity contribution in [2.75, 3.05) is 7.11 Å². The average Bonchev–Trinajstić information content (AvgIpc) is 2.36. The summed E-state index contributed by atoms with van der Waals surface area (Å²) < 4.78 is 5.21. The fourth-order valence-corrected chi connectivity index (χ4v) is 1.80. The number of amides is 1. The number of pyridine rings is 1. The molecular weight excluding hydrogens is 228 g/mol. The van der Waals surface area contributed by atoms with E-state index >= 15 is 0 Å². The van der Waals surface area contributed by atoms with Crippen molar-refractivity contribution in [2.45, 2.75) is 19.9 Å². The molecule has 0 aliphatic carbocycles. The van der Waals surface area contributed by atoms with E-state index < -0.39 is 0 Å². The lowest BCUT2D eigenvalue weighted by Crippen LogP contribution is -2.30. The molecule has 0 aliphatic rings. The third kappa shape index (κ3) is 2.42. The molecule has 0 radical (unpaired) electrons. The van der Waals surface area contributed by atoms with Gasteiger partial charge in [0.05, 0.1) is 18.2 Å². The minimum Gasteiger partial charge on any atom is -0.497 e. The van der Waals surface area contributed by atoms with E-state index in [1.807, 2.05) is 32.0 Å². The van der Waals surface area contributed by atoms with E-state index in [0.717, 1.165) is 5.39 Å². The maximum atomic E-state index is 12.1. The second kappa shape index (κ2) is 5.04. The van der Waals surface area contributed by atoms with Crippen LogP contribution in [0.25, 0.3) is 10.9 Å². The molecule has 0 unspecified atom stereocenters. The Morgan fingerprint density at radius 2 is 2.17 bits per heavy atom. The van der Waals surface area contributed by atoms with Crippen LogP contribution in [0.5, 0.6) is 5.75 Å². The fraction of sp³-hybridized carbons (Fsp3) is 0.286. The largest absolute Gasteiger partial charge is 0.497 e. The highest BCUT2D eigenvalue weighted by molar-refractivity contribution is 6.06. The van der Waals surface area contributed by atoms with Crippen LogP contribution in [0.2, 0.25) is 0 Å². The predicted octanol–water partition coefficient (Wildman–Crippen LogP) is 2.38. The third-order valence-electron chi connectivity index (χ3n) is 2.58. The molecule has 18 heavy (non-hydrogen) atoms. The number of nitrogens with zero attached hydrogens (tertiary/aromatic N) is 1. The molecule has 1 amide bonds. The SMILES string of the molecule is COc1cc(C(=O)NC(C)C)c2ncccc2c1. The van der Waals surface area contributed by atoms with Crippen LogP contribution < -0.4 is 10.1 Å². The second-order valence-corrected chi connectivity index (χ2v) is 4.38. The molecule has 1 aromatic carbocycles. The number of ether oxygens (including phenoxy) is 1. The van der Waals surface area contributed by atoms with E-state index in [0.29, 0.717) is 16.8 Å². The summed E-state index contributed by atoms with van der Waals surface area (Å²) in [7, 11) is 1.58. The summed E-state index contributed by atoms with van der Waals surface area (Å²) in [6.45, 7) is 3.85. The first-order valence-corrected chi connectivity index (χ1v) is 5.85. The van der Waals surface area contributed by atoms with Crippen LogP contribution in [-0.2, 0) is 0 Å². The number of benzene rings is 1. The van der Waals surface area contributed by atoms with Crippen molar-refractivity contribution in [3.05, 3.63) is 36.0 Å². The second-order valence-electron chi connectivity index (χ2n) is 4.38. The van der Waals surface area contributed by atoms with Crippen LogP contribution in [0.1, 0.15) is 24.2 Å². The van der Waals surface area contributed by atoms with Crippen molar-refractivity contribution < 1.29 is 9.53 Å². The van der Waals surface area contributed by atoms with Gasteiger partial charge in [0.2, 0.25) is 0 Å². The summed E-state index contributed by atoms with van der Waals surface area (Å²) in [5, 5.41) is 3.76. The Hall–Kier alpha value is -2.10. The minimum atomic E-state index is -0.132. The summed E-state index contributed by atoms with van der Waals surface area (Å²) in [5.74, 6) is 0.525. The standard InChI is InChI=1S/C14H16N2O2/c1-9(2)16-14(17)12-8-11(18-3)7-10-5-4-6-15-13(10)12/h4-9H,1-3H3,(H,16,17). The zero-order valence-electron chi connectivity index (χ0n) is 10.7. The van der Waals surface area contributed by atoms with Crippen molar-refractivity contribution >= 4 is 16.8 Å². The van der Waals surface area contributed by atoms with Gasteiger partial charge in [-0.25, -0.2) is 0 Å². The van der Waals surface area contributed by atoms with E-state index in [1.54, 1.807) is 19.4 Å². The Morgan fingerprint density at radius 1 is 1.39 bits per heavy atom. The molecule has 2 rings (SSSR count). The fourth-order valence-electron chi connectivity index (χ4n) is 1.80. The Morgan fingerprint density at radius 3 is 2.83 bits per heavy atom. The molecule has 0 saturated carbocycles. The number of aromatic nitrogens is 1. The highest BCUT2D eigenvalue weighted by atomic mass is 16.5. The smallest absolute Gasteiger partial charge is 0.253 e. The van der Waals surface area contributed by atoms with Crippen LogP contribution in [0.4, 0.5) is 0 Å². The average molecular weight is 244 g/mol. The summed E-state index contributed by atoms with van der Waals surface area (Å²) in [5.41, 5.74) is 1.23. The molecule has 0 aliphatic heterocycles. The first kappa shape index (κ1) is 12.4. The van der Waals surface area contributed by atoms with Gasteiger partial charge in [0, 0.05) is 17.6 Å². The number of rotatable bonds is 3. The molecular formula is C14H16N2O2. The van der Waals surface area contributed by atoms with Gasteiger partial charge in [0.15, 0.2) is 0 Å². The normalized spacial score (nSPS) is 10.7. The third-order valence-corrected chi connectivity index (χ3v) is 2.58. The van der Waals surface area contributed by atoms with E-state index in [4.69, 9.17) is 4.74 Å². The number of carbonyl (C=O) groups excluding carboxylic acids is 1. The highest BCUT2D eigenvalue weighted by Gasteiger charge is 2.13. The molecule has 1 N–H and O–H groups in total. The number of methoxy groups -OCH3 is 1. The van der Waals surface area contributed by atoms with E-state index in [2.05, 4.69) is 10.3 Å². The van der Waals surface area contributed by atoms with Gasteiger partial charge in [0.1, 0.15) is 5.75 Å². The van der Waals surface area contributed by atoms with Crippen LogP contribution >= 0.6 is 0 Å². The number of fused-ring (bicyclic) bond motifs is 1. The van der Waals surface area contributed by atoms with Gasteiger partial charge in [-0.15, -0.1) is 0 Å². The lowest BCUT2D eigenvalue weighted by atomic mass is 10.1. The molecule has 0 fully saturated rings. The van der Waals surface area contributed by atoms with Gasteiger partial charge < -0.3 is 10.1 Å². The highest BCUT2D eigenvalue weighted by Crippen LogP contribution is 2.23. The van der Waals surface area contributed by atoms with Gasteiger partial charge in [-0.2, -0.15) is 0 Å². The molecule has 0 atom stereocenters. The van der Waals surface area contributed by atoms with Gasteiger partial charge in [-0.05, 0) is 32.0 Å². The van der Waals surface area contributed by atoms with Crippen molar-refractivity contribution in [2.24, 2.45) is 0 Å². The van der Waals surface area contributed by atoms with Crippen LogP contribution in [0, 0.1) is 0 Å². The molecule has 4 heteroatoms. The molecule has 1 aromatic heterocycles. The molecule has 94 valence electrons. The summed E-state index contributed by atoms with van der Waals surface area (Å²) in [4.78, 5) is 16.4. The Bertz CT molecular complexity index is 579. The number of nitrogens with one attached hydrogen (secondary N) is 1. The number of carbonyl (C=O) groups is 1. The van der Waals surface area contributed by atoms with E-state index in [9.17, 15) is 4.79 Å². The zero-order valence-corrected chi connectivity index (χ0v) is 10.7. The van der Waals surface area contributed by atoms with E-state index in [1.165, 1.54) is 0 Å². The maximum absolute atomic E-state index is 12.1. The van der Waals surface area contributed by atoms with Crippen LogP contribution in [-0.4, -0.2) is 24.0 Å². The molecule has 0 bridgehead atoms. The Kier molecular flexibility index (Phi) is 3.46. The van der Waals surface area contributed by atoms with Crippen LogP contribution in [0.3, 0.4) is 0 Å². The molecule has 4 nitrogen and oxygen atoms in total. The minimum absolute atomic E-state index is 0.0856. The summed E-state index contributed by atoms with van der Waals surface area (Å²) >= 11 is 0. The van der Waals surface area contributed by atoms with Gasteiger partial charge in [0.25, 0.3) is 5.91 Å². The van der Waals surface area contributed by atoms with Gasteiger partial charge in [-0.3, -0.25) is 9.78 Å². The lowest BCUT2D eigenvalue weighted by Gasteiger charge is -2.11. The quantitative estimate of drug-likeness (QED) is 0.901. The van der Waals surface area contributed by atoms with Crippen molar-refractivity contribution in [1.29, 1.82) is 0 Å². The van der Waals surface area contributed by atoms with Crippen molar-refractivity contribution in [3.8, 4) is 5.75 Å². The first-order chi connectivity index (χ1) is 8.61. The Labute approximate surface area is 106 Å². The number of hydrogen-bond acceptors (Lipinski definition) is 3. The Balaban J connectivity index is 2.56. The summed E-state index contributed by atoms with van der Waals surface area (Å²) in [6, 6.07) is 7.42. The van der Waals surface area contributed by atoms with Crippen molar-refractivity contribution in [3.63, 3.8) is 0 Å². The predicted molar refractivity (Wildman–Crippen MR) is 70.9 cm³/mol. The monoisotopic (exact) mass is 244 g/mol. The maximum Gasteiger partial charge on any atom is 0.253 e. The van der Waals surface area contributed by atoms with Gasteiger partial charge in [-0.1, -0.05) is 6.07 Å². The topological polar surface area (TPSA) is 51.2 Å². The summed E-state index contributed by atoms with van der Waals surface area (Å²) in [6.07, 6.45) is 1.68. The first-order valence-electron chi connectivity index (χ1n) is 5.85. The van der Waals surface area contributed by atoms with Crippen molar-refractivity contribution in [1.82, 2.24) is 10.3 Å². The van der Waals surface area contributed by atoms with Gasteiger partial charge >= 0.3 is 0 Å². The number of hydrogen-bond donors (Lipinski definition) is 1. The van der Waals surface area contributed by atoms with Crippen LogP contribution in [0.15, 0.2) is 30.5 Å². The molecule has 1 heterocycles.